The maximum atomic E-state index is 3.55. The van der Waals surface area contributed by atoms with Gasteiger partial charge in [0.1, 0.15) is 0 Å². The lowest BCUT2D eigenvalue weighted by atomic mass is 10.1. The van der Waals surface area contributed by atoms with Crippen LogP contribution in [0.25, 0.3) is 0 Å². The summed E-state index contributed by atoms with van der Waals surface area (Å²) in [4.78, 5) is 5.09. The van der Waals surface area contributed by atoms with Crippen LogP contribution in [0.15, 0.2) is 24.3 Å². The van der Waals surface area contributed by atoms with Crippen molar-refractivity contribution >= 4 is 5.69 Å². The van der Waals surface area contributed by atoms with Gasteiger partial charge in [0.2, 0.25) is 0 Å². The Kier molecular flexibility index (Phi) is 6.52. The molecule has 21 heavy (non-hydrogen) atoms. The van der Waals surface area contributed by atoms with Gasteiger partial charge in [0.05, 0.1) is 0 Å². The van der Waals surface area contributed by atoms with Crippen molar-refractivity contribution in [2.24, 2.45) is 0 Å². The van der Waals surface area contributed by atoms with Crippen molar-refractivity contribution in [3.63, 3.8) is 0 Å². The topological polar surface area (TPSA) is 18.5 Å². The predicted octanol–water partition coefficient (Wildman–Crippen LogP) is 3.28. The second-order valence-electron chi connectivity index (χ2n) is 6.10. The van der Waals surface area contributed by atoms with Crippen LogP contribution in [0.4, 0.5) is 5.69 Å². The molecule has 0 aliphatic carbocycles. The minimum Gasteiger partial charge on any atom is -0.369 e. The number of hydrogen-bond donors (Lipinski definition) is 1. The van der Waals surface area contributed by atoms with Gasteiger partial charge in [0.25, 0.3) is 0 Å². The van der Waals surface area contributed by atoms with Crippen LogP contribution in [-0.4, -0.2) is 44.2 Å². The first-order chi connectivity index (χ1) is 10.2. The van der Waals surface area contributed by atoms with Gasteiger partial charge in [-0.3, -0.25) is 4.90 Å². The van der Waals surface area contributed by atoms with E-state index in [1.54, 1.807) is 0 Å². The molecular formula is C18H31N3. The summed E-state index contributed by atoms with van der Waals surface area (Å²) in [5.74, 6) is 0. The Morgan fingerprint density at radius 3 is 2.24 bits per heavy atom. The van der Waals surface area contributed by atoms with Crippen molar-refractivity contribution in [2.75, 3.05) is 44.2 Å². The maximum Gasteiger partial charge on any atom is 0.0367 e. The van der Waals surface area contributed by atoms with Crippen LogP contribution < -0.4 is 10.2 Å². The summed E-state index contributed by atoms with van der Waals surface area (Å²) >= 11 is 0. The molecule has 3 nitrogen and oxygen atoms in total. The summed E-state index contributed by atoms with van der Waals surface area (Å²) in [5.41, 5.74) is 2.76. The summed E-state index contributed by atoms with van der Waals surface area (Å²) in [6.07, 6.45) is 2.45. The van der Waals surface area contributed by atoms with Crippen molar-refractivity contribution in [1.29, 1.82) is 0 Å². The van der Waals surface area contributed by atoms with Crippen molar-refractivity contribution in [1.82, 2.24) is 10.2 Å². The molecule has 0 spiro atoms. The lowest BCUT2D eigenvalue weighted by molar-refractivity contribution is 0.258. The fraction of sp³-hybridized carbons (Fsp3) is 0.667. The number of anilines is 1. The van der Waals surface area contributed by atoms with E-state index in [1.807, 2.05) is 0 Å². The molecule has 1 fully saturated rings. The van der Waals surface area contributed by atoms with Crippen molar-refractivity contribution in [3.05, 3.63) is 29.8 Å². The van der Waals surface area contributed by atoms with Crippen molar-refractivity contribution < 1.29 is 0 Å². The van der Waals surface area contributed by atoms with Crippen LogP contribution in [-0.2, 0) is 0 Å². The predicted molar refractivity (Wildman–Crippen MR) is 92.1 cm³/mol. The molecule has 1 aromatic carbocycles. The van der Waals surface area contributed by atoms with Crippen LogP contribution in [0, 0.1) is 0 Å². The zero-order valence-corrected chi connectivity index (χ0v) is 13.9. The highest BCUT2D eigenvalue weighted by atomic mass is 15.3. The zero-order chi connectivity index (χ0) is 15.1. The van der Waals surface area contributed by atoms with E-state index in [0.717, 1.165) is 19.6 Å². The number of piperazine rings is 1. The minimum absolute atomic E-state index is 0.445. The second-order valence-corrected chi connectivity index (χ2v) is 6.10. The first-order valence-corrected chi connectivity index (χ1v) is 8.55. The molecule has 0 saturated carbocycles. The third-order valence-electron chi connectivity index (χ3n) is 4.37. The summed E-state index contributed by atoms with van der Waals surface area (Å²) in [7, 11) is 0. The molecule has 2 rings (SSSR count). The second kappa shape index (κ2) is 8.40. The Morgan fingerprint density at radius 2 is 1.67 bits per heavy atom. The average molecular weight is 289 g/mol. The largest absolute Gasteiger partial charge is 0.369 e. The fourth-order valence-electron chi connectivity index (χ4n) is 3.00. The van der Waals surface area contributed by atoms with E-state index in [0.29, 0.717) is 6.04 Å². The van der Waals surface area contributed by atoms with E-state index in [9.17, 15) is 0 Å². The van der Waals surface area contributed by atoms with Gasteiger partial charge in [-0.15, -0.1) is 0 Å². The van der Waals surface area contributed by atoms with Gasteiger partial charge in [0.15, 0.2) is 0 Å². The number of benzene rings is 1. The van der Waals surface area contributed by atoms with Crippen molar-refractivity contribution in [3.8, 4) is 0 Å². The highest BCUT2D eigenvalue weighted by Gasteiger charge is 2.16. The molecule has 0 aromatic heterocycles. The quantitative estimate of drug-likeness (QED) is 0.831. The Morgan fingerprint density at radius 1 is 1.00 bits per heavy atom. The number of nitrogens with one attached hydrogen (secondary N) is 1. The smallest absolute Gasteiger partial charge is 0.0367 e. The van der Waals surface area contributed by atoms with Gasteiger partial charge in [-0.2, -0.15) is 0 Å². The van der Waals surface area contributed by atoms with E-state index in [2.05, 4.69) is 60.2 Å². The number of rotatable bonds is 7. The van der Waals surface area contributed by atoms with Crippen molar-refractivity contribution in [2.45, 2.75) is 39.7 Å². The average Bonchev–Trinajstić information content (AvgIpc) is 2.54. The Hall–Kier alpha value is -1.06. The maximum absolute atomic E-state index is 3.55. The monoisotopic (exact) mass is 289 g/mol. The highest BCUT2D eigenvalue weighted by Crippen LogP contribution is 2.20. The van der Waals surface area contributed by atoms with E-state index in [1.165, 1.54) is 43.7 Å². The van der Waals surface area contributed by atoms with Gasteiger partial charge >= 0.3 is 0 Å². The van der Waals surface area contributed by atoms with E-state index >= 15 is 0 Å². The third kappa shape index (κ3) is 4.72. The van der Waals surface area contributed by atoms with Crippen LogP contribution >= 0.6 is 0 Å². The van der Waals surface area contributed by atoms with Crippen LogP contribution in [0.2, 0.25) is 0 Å². The SMILES string of the molecule is CCCNC(C)c1ccc(N2CCN(CCC)CC2)cc1. The lowest BCUT2D eigenvalue weighted by Gasteiger charge is -2.36. The van der Waals surface area contributed by atoms with E-state index < -0.39 is 0 Å². The summed E-state index contributed by atoms with van der Waals surface area (Å²) < 4.78 is 0. The summed E-state index contributed by atoms with van der Waals surface area (Å²) in [6.45, 7) is 13.8. The molecule has 1 aliphatic heterocycles. The summed E-state index contributed by atoms with van der Waals surface area (Å²) in [6, 6.07) is 9.58. The van der Waals surface area contributed by atoms with Crippen LogP contribution in [0.3, 0.4) is 0 Å². The zero-order valence-electron chi connectivity index (χ0n) is 13.9. The molecule has 0 radical (unpaired) electrons. The molecule has 1 atom stereocenters. The molecule has 1 aliphatic rings. The highest BCUT2D eigenvalue weighted by molar-refractivity contribution is 5.48. The minimum atomic E-state index is 0.445. The molecule has 1 saturated heterocycles. The molecule has 1 unspecified atom stereocenters. The molecule has 1 aromatic rings. The first kappa shape index (κ1) is 16.3. The molecule has 1 N–H and O–H groups in total. The Bertz CT molecular complexity index is 393. The standard InChI is InChI=1S/C18H31N3/c1-4-10-19-16(3)17-6-8-18(9-7-17)21-14-12-20(11-5-2)13-15-21/h6-9,16,19H,4-5,10-15H2,1-3H3. The van der Waals surface area contributed by atoms with Crippen LogP contribution in [0.5, 0.6) is 0 Å². The van der Waals surface area contributed by atoms with Gasteiger partial charge in [-0.25, -0.2) is 0 Å². The lowest BCUT2D eigenvalue weighted by Crippen LogP contribution is -2.46. The molecule has 0 bridgehead atoms. The number of hydrogen-bond acceptors (Lipinski definition) is 3. The fourth-order valence-corrected chi connectivity index (χ4v) is 3.00. The molecular weight excluding hydrogens is 258 g/mol. The first-order valence-electron chi connectivity index (χ1n) is 8.55. The molecule has 0 amide bonds. The Labute approximate surface area is 130 Å². The molecule has 3 heteroatoms. The Balaban J connectivity index is 1.88. The van der Waals surface area contributed by atoms with E-state index in [-0.39, 0.29) is 0 Å². The van der Waals surface area contributed by atoms with E-state index in [4.69, 9.17) is 0 Å². The van der Waals surface area contributed by atoms with Gasteiger partial charge < -0.3 is 10.2 Å². The third-order valence-corrected chi connectivity index (χ3v) is 4.37. The normalized spacial score (nSPS) is 18.0. The molecule has 1 heterocycles. The summed E-state index contributed by atoms with van der Waals surface area (Å²) in [5, 5.41) is 3.55. The van der Waals surface area contributed by atoms with Gasteiger partial charge in [-0.1, -0.05) is 26.0 Å². The number of nitrogens with zero attached hydrogens (tertiary/aromatic N) is 2. The van der Waals surface area contributed by atoms with Crippen LogP contribution in [0.1, 0.15) is 45.2 Å². The molecule has 118 valence electrons. The van der Waals surface area contributed by atoms with Gasteiger partial charge in [0, 0.05) is 37.9 Å². The van der Waals surface area contributed by atoms with Gasteiger partial charge in [-0.05, 0) is 50.6 Å².